The van der Waals surface area contributed by atoms with E-state index in [0.29, 0.717) is 18.1 Å². The monoisotopic (exact) mass is 258 g/mol. The molecule has 0 spiro atoms. The fourth-order valence-corrected chi connectivity index (χ4v) is 1.54. The molecule has 1 N–H and O–H groups in total. The average molecular weight is 258 g/mol. The molecular formula is C15H14O4. The predicted molar refractivity (Wildman–Crippen MR) is 70.3 cm³/mol. The Bertz CT molecular complexity index is 537. The number of carboxylic acid groups (broad SMARTS) is 1. The molecule has 0 atom stereocenters. The number of carbonyl (C=O) groups is 1. The highest BCUT2D eigenvalue weighted by Gasteiger charge is 2.01. The maximum atomic E-state index is 10.4. The molecular weight excluding hydrogens is 244 g/mol. The normalized spacial score (nSPS) is 9.89. The topological polar surface area (TPSA) is 55.8 Å². The smallest absolute Gasteiger partial charge is 0.341 e. The van der Waals surface area contributed by atoms with Crippen molar-refractivity contribution in [2.45, 2.75) is 6.61 Å². The zero-order valence-electron chi connectivity index (χ0n) is 10.3. The summed E-state index contributed by atoms with van der Waals surface area (Å²) in [4.78, 5) is 10.4. The van der Waals surface area contributed by atoms with Crippen LogP contribution < -0.4 is 9.47 Å². The van der Waals surface area contributed by atoms with Gasteiger partial charge in [-0.15, -0.1) is 0 Å². The van der Waals surface area contributed by atoms with Crippen LogP contribution in [-0.2, 0) is 11.4 Å². The third-order valence-corrected chi connectivity index (χ3v) is 2.42. The largest absolute Gasteiger partial charge is 0.489 e. The lowest BCUT2D eigenvalue weighted by molar-refractivity contribution is -0.139. The number of carboxylic acids is 1. The van der Waals surface area contributed by atoms with Crippen LogP contribution in [0.25, 0.3) is 0 Å². The lowest BCUT2D eigenvalue weighted by atomic mass is 10.2. The molecule has 0 radical (unpaired) electrons. The van der Waals surface area contributed by atoms with Gasteiger partial charge in [-0.25, -0.2) is 4.79 Å². The van der Waals surface area contributed by atoms with E-state index in [1.807, 2.05) is 30.3 Å². The van der Waals surface area contributed by atoms with Crippen LogP contribution in [0.3, 0.4) is 0 Å². The molecule has 4 nitrogen and oxygen atoms in total. The van der Waals surface area contributed by atoms with Crippen LogP contribution in [0.1, 0.15) is 5.56 Å². The van der Waals surface area contributed by atoms with Gasteiger partial charge < -0.3 is 14.6 Å². The molecule has 4 heteroatoms. The van der Waals surface area contributed by atoms with E-state index in [4.69, 9.17) is 14.6 Å². The third kappa shape index (κ3) is 4.35. The van der Waals surface area contributed by atoms with Gasteiger partial charge in [-0.3, -0.25) is 0 Å². The molecule has 0 fully saturated rings. The molecule has 0 amide bonds. The second-order valence-corrected chi connectivity index (χ2v) is 3.93. The van der Waals surface area contributed by atoms with Crippen LogP contribution in [0.2, 0.25) is 0 Å². The highest BCUT2D eigenvalue weighted by molar-refractivity contribution is 5.68. The van der Waals surface area contributed by atoms with Gasteiger partial charge in [-0.05, 0) is 17.7 Å². The summed E-state index contributed by atoms with van der Waals surface area (Å²) in [6.07, 6.45) is 0. The molecule has 0 aliphatic heterocycles. The second kappa shape index (κ2) is 6.44. The van der Waals surface area contributed by atoms with E-state index >= 15 is 0 Å². The number of aliphatic carboxylic acids is 1. The first-order chi connectivity index (χ1) is 9.24. The van der Waals surface area contributed by atoms with Crippen LogP contribution in [0.15, 0.2) is 54.6 Å². The van der Waals surface area contributed by atoms with Gasteiger partial charge in [-0.2, -0.15) is 0 Å². The van der Waals surface area contributed by atoms with E-state index in [-0.39, 0.29) is 6.61 Å². The second-order valence-electron chi connectivity index (χ2n) is 3.93. The van der Waals surface area contributed by atoms with Crippen molar-refractivity contribution >= 4 is 5.97 Å². The van der Waals surface area contributed by atoms with Gasteiger partial charge in [0.1, 0.15) is 18.1 Å². The first-order valence-electron chi connectivity index (χ1n) is 5.85. The molecule has 0 aromatic heterocycles. The molecule has 0 saturated heterocycles. The van der Waals surface area contributed by atoms with Crippen molar-refractivity contribution in [3.05, 3.63) is 60.2 Å². The van der Waals surface area contributed by atoms with E-state index in [1.54, 1.807) is 24.3 Å². The van der Waals surface area contributed by atoms with Crippen LogP contribution in [0.5, 0.6) is 11.5 Å². The van der Waals surface area contributed by atoms with E-state index in [0.717, 1.165) is 5.56 Å². The summed E-state index contributed by atoms with van der Waals surface area (Å²) in [6, 6.07) is 16.7. The Labute approximate surface area is 111 Å². The Balaban J connectivity index is 1.93. The van der Waals surface area contributed by atoms with Crippen molar-refractivity contribution in [3.63, 3.8) is 0 Å². The Hall–Kier alpha value is -2.49. The fourth-order valence-electron chi connectivity index (χ4n) is 1.54. The predicted octanol–water partition coefficient (Wildman–Crippen LogP) is 2.73. The Kier molecular flexibility index (Phi) is 4.39. The minimum absolute atomic E-state index is 0.359. The SMILES string of the molecule is O=C(O)COc1cccc(OCc2ccccc2)c1. The van der Waals surface area contributed by atoms with Crippen LogP contribution >= 0.6 is 0 Å². The van der Waals surface area contributed by atoms with Gasteiger partial charge in [0, 0.05) is 6.07 Å². The standard InChI is InChI=1S/C15H14O4/c16-15(17)11-19-14-8-4-7-13(9-14)18-10-12-5-2-1-3-6-12/h1-9H,10-11H2,(H,16,17). The Morgan fingerprint density at radius 3 is 2.32 bits per heavy atom. The zero-order chi connectivity index (χ0) is 13.5. The number of rotatable bonds is 6. The van der Waals surface area contributed by atoms with Gasteiger partial charge in [-0.1, -0.05) is 36.4 Å². The van der Waals surface area contributed by atoms with Gasteiger partial charge in [0.15, 0.2) is 6.61 Å². The van der Waals surface area contributed by atoms with Crippen LogP contribution in [0, 0.1) is 0 Å². The lowest BCUT2D eigenvalue weighted by Crippen LogP contribution is -2.09. The van der Waals surface area contributed by atoms with E-state index in [1.165, 1.54) is 0 Å². The van der Waals surface area contributed by atoms with E-state index in [9.17, 15) is 4.79 Å². The lowest BCUT2D eigenvalue weighted by Gasteiger charge is -2.08. The Morgan fingerprint density at radius 2 is 1.63 bits per heavy atom. The van der Waals surface area contributed by atoms with Gasteiger partial charge in [0.25, 0.3) is 0 Å². The summed E-state index contributed by atoms with van der Waals surface area (Å²) in [5.41, 5.74) is 1.07. The van der Waals surface area contributed by atoms with E-state index < -0.39 is 5.97 Å². The zero-order valence-corrected chi connectivity index (χ0v) is 10.3. The third-order valence-electron chi connectivity index (χ3n) is 2.42. The van der Waals surface area contributed by atoms with Crippen molar-refractivity contribution in [1.29, 1.82) is 0 Å². The maximum Gasteiger partial charge on any atom is 0.341 e. The maximum absolute atomic E-state index is 10.4. The summed E-state index contributed by atoms with van der Waals surface area (Å²) in [7, 11) is 0. The average Bonchev–Trinajstić information content (AvgIpc) is 2.44. The highest BCUT2D eigenvalue weighted by atomic mass is 16.5. The van der Waals surface area contributed by atoms with Gasteiger partial charge >= 0.3 is 5.97 Å². The Morgan fingerprint density at radius 1 is 0.947 bits per heavy atom. The molecule has 0 aliphatic rings. The number of benzene rings is 2. The number of hydrogen-bond donors (Lipinski definition) is 1. The summed E-state index contributed by atoms with van der Waals surface area (Å²) < 4.78 is 10.7. The van der Waals surface area contributed by atoms with Gasteiger partial charge in [0.05, 0.1) is 0 Å². The molecule has 0 unspecified atom stereocenters. The fraction of sp³-hybridized carbons (Fsp3) is 0.133. The van der Waals surface area contributed by atoms with Crippen molar-refractivity contribution in [3.8, 4) is 11.5 Å². The quantitative estimate of drug-likeness (QED) is 0.865. The van der Waals surface area contributed by atoms with Crippen molar-refractivity contribution < 1.29 is 19.4 Å². The van der Waals surface area contributed by atoms with Gasteiger partial charge in [0.2, 0.25) is 0 Å². The van der Waals surface area contributed by atoms with Crippen molar-refractivity contribution in [1.82, 2.24) is 0 Å². The molecule has 0 saturated carbocycles. The van der Waals surface area contributed by atoms with Crippen molar-refractivity contribution in [2.75, 3.05) is 6.61 Å². The first kappa shape index (κ1) is 13.0. The highest BCUT2D eigenvalue weighted by Crippen LogP contribution is 2.20. The molecule has 98 valence electrons. The molecule has 2 aromatic carbocycles. The molecule has 0 heterocycles. The summed E-state index contributed by atoms with van der Waals surface area (Å²) in [6.45, 7) is 0.103. The number of hydrogen-bond acceptors (Lipinski definition) is 3. The van der Waals surface area contributed by atoms with Crippen LogP contribution in [-0.4, -0.2) is 17.7 Å². The molecule has 2 rings (SSSR count). The first-order valence-corrected chi connectivity index (χ1v) is 5.85. The molecule has 19 heavy (non-hydrogen) atoms. The minimum Gasteiger partial charge on any atom is -0.489 e. The molecule has 0 aliphatic carbocycles. The van der Waals surface area contributed by atoms with E-state index in [2.05, 4.69) is 0 Å². The summed E-state index contributed by atoms with van der Waals surface area (Å²) >= 11 is 0. The van der Waals surface area contributed by atoms with Crippen molar-refractivity contribution in [2.24, 2.45) is 0 Å². The molecule has 2 aromatic rings. The number of ether oxygens (including phenoxy) is 2. The summed E-state index contributed by atoms with van der Waals surface area (Å²) in [5, 5.41) is 8.54. The summed E-state index contributed by atoms with van der Waals surface area (Å²) in [5.74, 6) is 0.121. The molecule has 0 bridgehead atoms. The van der Waals surface area contributed by atoms with Crippen LogP contribution in [0.4, 0.5) is 0 Å². The minimum atomic E-state index is -1.00.